The van der Waals surface area contributed by atoms with E-state index in [-0.39, 0.29) is 6.03 Å². The molecule has 6 heteroatoms. The van der Waals surface area contributed by atoms with Crippen LogP contribution in [0.2, 0.25) is 0 Å². The van der Waals surface area contributed by atoms with Gasteiger partial charge in [-0.1, -0.05) is 24.3 Å². The molecule has 0 spiro atoms. The molecule has 3 N–H and O–H groups in total. The van der Waals surface area contributed by atoms with Gasteiger partial charge in [0, 0.05) is 5.69 Å². The summed E-state index contributed by atoms with van der Waals surface area (Å²) >= 11 is 0. The zero-order valence-corrected chi connectivity index (χ0v) is 9.92. The average Bonchev–Trinajstić information content (AvgIpc) is 2.89. The highest BCUT2D eigenvalue weighted by Crippen LogP contribution is 2.18. The summed E-state index contributed by atoms with van der Waals surface area (Å²) in [5.41, 5.74) is 2.68. The van der Waals surface area contributed by atoms with Gasteiger partial charge in [-0.3, -0.25) is 0 Å². The van der Waals surface area contributed by atoms with E-state index in [0.717, 1.165) is 5.69 Å². The van der Waals surface area contributed by atoms with Crippen LogP contribution in [-0.2, 0) is 0 Å². The molecule has 2 aromatic carbocycles. The van der Waals surface area contributed by atoms with Crippen LogP contribution in [0.15, 0.2) is 48.5 Å². The molecule has 19 heavy (non-hydrogen) atoms. The summed E-state index contributed by atoms with van der Waals surface area (Å²) in [6, 6.07) is 14.3. The average molecular weight is 253 g/mol. The highest BCUT2D eigenvalue weighted by molar-refractivity contribution is 6.04. The molecule has 0 aliphatic heterocycles. The first kappa shape index (κ1) is 11.2. The molecule has 0 bridgehead atoms. The Hall–Kier alpha value is -2.89. The SMILES string of the molecule is O=C(Nc1ccccc1)Nc1cccc2n[nH]nc12. The molecular formula is C13H11N5O. The number of aromatic nitrogens is 3. The number of fused-ring (bicyclic) bond motifs is 1. The standard InChI is InChI=1S/C13H11N5O/c19-13(14-9-5-2-1-3-6-9)15-10-7-4-8-11-12(10)17-18-16-11/h1-8H,(H2,14,15,19)(H,16,17,18). The third kappa shape index (κ3) is 2.37. The van der Waals surface area contributed by atoms with Gasteiger partial charge >= 0.3 is 6.03 Å². The van der Waals surface area contributed by atoms with Crippen molar-refractivity contribution in [1.29, 1.82) is 0 Å². The van der Waals surface area contributed by atoms with Crippen molar-refractivity contribution in [2.75, 3.05) is 10.6 Å². The molecule has 0 fully saturated rings. The Morgan fingerprint density at radius 3 is 2.63 bits per heavy atom. The minimum absolute atomic E-state index is 0.318. The number of aromatic amines is 1. The van der Waals surface area contributed by atoms with Crippen molar-refractivity contribution in [2.24, 2.45) is 0 Å². The Bertz CT molecular complexity index is 707. The van der Waals surface area contributed by atoms with Crippen LogP contribution in [0.4, 0.5) is 16.2 Å². The first-order valence-electron chi connectivity index (χ1n) is 5.75. The third-order valence-corrected chi connectivity index (χ3v) is 2.63. The van der Waals surface area contributed by atoms with E-state index in [0.29, 0.717) is 16.7 Å². The summed E-state index contributed by atoms with van der Waals surface area (Å²) in [7, 11) is 0. The number of urea groups is 1. The van der Waals surface area contributed by atoms with Crippen LogP contribution in [0.1, 0.15) is 0 Å². The van der Waals surface area contributed by atoms with Crippen molar-refractivity contribution >= 4 is 28.4 Å². The van der Waals surface area contributed by atoms with Gasteiger partial charge < -0.3 is 10.6 Å². The lowest BCUT2D eigenvalue weighted by Gasteiger charge is -2.07. The smallest absolute Gasteiger partial charge is 0.308 e. The third-order valence-electron chi connectivity index (χ3n) is 2.63. The molecule has 0 saturated heterocycles. The summed E-state index contributed by atoms with van der Waals surface area (Å²) in [4.78, 5) is 11.9. The van der Waals surface area contributed by atoms with Gasteiger partial charge in [0.1, 0.15) is 11.0 Å². The lowest BCUT2D eigenvalue weighted by molar-refractivity contribution is 0.262. The van der Waals surface area contributed by atoms with E-state index < -0.39 is 0 Å². The summed E-state index contributed by atoms with van der Waals surface area (Å²) in [5, 5.41) is 16.0. The fourth-order valence-corrected chi connectivity index (χ4v) is 1.77. The Morgan fingerprint density at radius 1 is 0.947 bits per heavy atom. The Balaban J connectivity index is 1.78. The number of nitrogens with one attached hydrogen (secondary N) is 3. The van der Waals surface area contributed by atoms with Crippen molar-refractivity contribution in [3.8, 4) is 0 Å². The van der Waals surface area contributed by atoms with E-state index in [1.807, 2.05) is 42.5 Å². The summed E-state index contributed by atoms with van der Waals surface area (Å²) in [6.45, 7) is 0. The minimum Gasteiger partial charge on any atom is -0.308 e. The second-order valence-corrected chi connectivity index (χ2v) is 3.94. The second-order valence-electron chi connectivity index (χ2n) is 3.94. The van der Waals surface area contributed by atoms with Crippen LogP contribution < -0.4 is 10.6 Å². The van der Waals surface area contributed by atoms with Gasteiger partial charge in [-0.25, -0.2) is 4.79 Å². The fraction of sp³-hybridized carbons (Fsp3) is 0. The number of benzene rings is 2. The number of amides is 2. The van der Waals surface area contributed by atoms with Gasteiger partial charge in [0.05, 0.1) is 5.69 Å². The molecule has 0 radical (unpaired) electrons. The first-order chi connectivity index (χ1) is 9.33. The van der Waals surface area contributed by atoms with E-state index in [2.05, 4.69) is 26.0 Å². The molecule has 2 amide bonds. The van der Waals surface area contributed by atoms with Gasteiger partial charge in [-0.15, -0.1) is 0 Å². The van der Waals surface area contributed by atoms with Crippen molar-refractivity contribution in [1.82, 2.24) is 15.4 Å². The maximum atomic E-state index is 11.9. The summed E-state index contributed by atoms with van der Waals surface area (Å²) in [6.07, 6.45) is 0. The van der Waals surface area contributed by atoms with Gasteiger partial charge in [-0.2, -0.15) is 15.4 Å². The number of H-pyrrole nitrogens is 1. The zero-order valence-electron chi connectivity index (χ0n) is 9.92. The fourth-order valence-electron chi connectivity index (χ4n) is 1.77. The number of hydrogen-bond donors (Lipinski definition) is 3. The highest BCUT2D eigenvalue weighted by Gasteiger charge is 2.08. The van der Waals surface area contributed by atoms with Crippen molar-refractivity contribution in [2.45, 2.75) is 0 Å². The topological polar surface area (TPSA) is 82.7 Å². The lowest BCUT2D eigenvalue weighted by atomic mass is 10.2. The molecule has 3 aromatic rings. The molecule has 0 saturated carbocycles. The highest BCUT2D eigenvalue weighted by atomic mass is 16.2. The molecular weight excluding hydrogens is 242 g/mol. The number of carbonyl (C=O) groups excluding carboxylic acids is 1. The van der Waals surface area contributed by atoms with Crippen LogP contribution in [0.3, 0.4) is 0 Å². The van der Waals surface area contributed by atoms with Crippen molar-refractivity contribution < 1.29 is 4.79 Å². The van der Waals surface area contributed by atoms with Crippen molar-refractivity contribution in [3.63, 3.8) is 0 Å². The Kier molecular flexibility index (Phi) is 2.82. The van der Waals surface area contributed by atoms with E-state index in [1.165, 1.54) is 0 Å². The Labute approximate surface area is 108 Å². The maximum absolute atomic E-state index is 11.9. The number of nitrogens with zero attached hydrogens (tertiary/aromatic N) is 2. The molecule has 6 nitrogen and oxygen atoms in total. The lowest BCUT2D eigenvalue weighted by Crippen LogP contribution is -2.19. The second kappa shape index (κ2) is 4.77. The van der Waals surface area contributed by atoms with E-state index in [1.54, 1.807) is 6.07 Å². The minimum atomic E-state index is -0.318. The van der Waals surface area contributed by atoms with Gasteiger partial charge in [0.15, 0.2) is 0 Å². The monoisotopic (exact) mass is 253 g/mol. The zero-order chi connectivity index (χ0) is 13.1. The van der Waals surface area contributed by atoms with E-state index >= 15 is 0 Å². The molecule has 0 aliphatic carbocycles. The number of rotatable bonds is 2. The quantitative estimate of drug-likeness (QED) is 0.656. The molecule has 94 valence electrons. The largest absolute Gasteiger partial charge is 0.323 e. The van der Waals surface area contributed by atoms with Crippen LogP contribution in [-0.4, -0.2) is 21.4 Å². The maximum Gasteiger partial charge on any atom is 0.323 e. The van der Waals surface area contributed by atoms with Crippen LogP contribution in [0.25, 0.3) is 11.0 Å². The number of carbonyl (C=O) groups is 1. The number of para-hydroxylation sites is 2. The summed E-state index contributed by atoms with van der Waals surface area (Å²) in [5.74, 6) is 0. The molecule has 0 aliphatic rings. The van der Waals surface area contributed by atoms with Crippen LogP contribution in [0, 0.1) is 0 Å². The predicted molar refractivity (Wildman–Crippen MR) is 73.0 cm³/mol. The predicted octanol–water partition coefficient (Wildman–Crippen LogP) is 2.60. The normalized spacial score (nSPS) is 10.3. The van der Waals surface area contributed by atoms with Crippen LogP contribution in [0.5, 0.6) is 0 Å². The van der Waals surface area contributed by atoms with Gasteiger partial charge in [0.2, 0.25) is 0 Å². The first-order valence-corrected chi connectivity index (χ1v) is 5.75. The van der Waals surface area contributed by atoms with E-state index in [4.69, 9.17) is 0 Å². The summed E-state index contributed by atoms with van der Waals surface area (Å²) < 4.78 is 0. The molecule has 0 atom stereocenters. The number of anilines is 2. The number of hydrogen-bond acceptors (Lipinski definition) is 3. The van der Waals surface area contributed by atoms with Gasteiger partial charge in [-0.05, 0) is 24.3 Å². The van der Waals surface area contributed by atoms with Crippen LogP contribution >= 0.6 is 0 Å². The van der Waals surface area contributed by atoms with Crippen molar-refractivity contribution in [3.05, 3.63) is 48.5 Å². The molecule has 1 aromatic heterocycles. The van der Waals surface area contributed by atoms with E-state index in [9.17, 15) is 4.79 Å². The Morgan fingerprint density at radius 2 is 1.79 bits per heavy atom. The molecule has 0 unspecified atom stereocenters. The molecule has 1 heterocycles. The molecule has 3 rings (SSSR count). The van der Waals surface area contributed by atoms with Gasteiger partial charge in [0.25, 0.3) is 0 Å².